The summed E-state index contributed by atoms with van der Waals surface area (Å²) in [6.07, 6.45) is 7.29. The lowest BCUT2D eigenvalue weighted by Gasteiger charge is -2.26. The average Bonchev–Trinajstić information content (AvgIpc) is 3.89. The fraction of sp³-hybridized carbons (Fsp3) is 0.640. The molecule has 2 aliphatic carbocycles. The van der Waals surface area contributed by atoms with Crippen molar-refractivity contribution in [3.8, 4) is 0 Å². The molecular formula is C50H68F4N8O6S2. The lowest BCUT2D eigenvalue weighted by molar-refractivity contribution is 0.0212. The van der Waals surface area contributed by atoms with Gasteiger partial charge in [0, 0.05) is 47.0 Å². The lowest BCUT2D eigenvalue weighted by atomic mass is 10.2. The van der Waals surface area contributed by atoms with Gasteiger partial charge in [-0.25, -0.2) is 37.1 Å². The molecule has 4 fully saturated rings. The number of thioether (sulfide) groups is 2. The van der Waals surface area contributed by atoms with Crippen LogP contribution in [-0.4, -0.2) is 114 Å². The van der Waals surface area contributed by atoms with Gasteiger partial charge in [0.15, 0.2) is 0 Å². The Morgan fingerprint density at radius 1 is 0.643 bits per heavy atom. The standard InChI is InChI=1S/2C25H34F2N4O3S/c2*1-25(2,3)34-24(33)31-9-8-18(10-15(26)13-31)35-14-21-29-20-12-17(28-16-6-4-5-7-16)11-19(27)22(20)23(32)30-21/h2*11-12,15-16,18,28H,4-10,13-14H2,1-3H3,(H,29,30,32)/t15-,18-;/m0./s1. The number of halogens is 4. The number of amides is 2. The molecule has 4 atom stereocenters. The van der Waals surface area contributed by atoms with E-state index in [4.69, 9.17) is 9.47 Å². The minimum Gasteiger partial charge on any atom is -0.444 e. The molecule has 2 saturated carbocycles. The largest absolute Gasteiger partial charge is 0.444 e. The summed E-state index contributed by atoms with van der Waals surface area (Å²) in [5.74, 6) is 0.375. The Balaban J connectivity index is 0.000000206. The SMILES string of the molecule is CC(C)(C)OC(=O)N1CCC(SCc2nc3cc(NC4CCCC4)cc(F)c3c(=O)[nH]2)CC(F)C1.CC(C)(C)OC(=O)N1CC[C@H](SCc2nc3cc(NC4CCCC4)cc(F)c3c(=O)[nH]2)C[C@H](F)C1. The molecule has 70 heavy (non-hydrogen) atoms. The van der Waals surface area contributed by atoms with E-state index in [0.29, 0.717) is 96.4 Å². The van der Waals surface area contributed by atoms with Crippen LogP contribution in [0.15, 0.2) is 33.9 Å². The molecule has 2 aromatic carbocycles. The Hall–Kier alpha value is -4.72. The summed E-state index contributed by atoms with van der Waals surface area (Å²) < 4.78 is 69.4. The highest BCUT2D eigenvalue weighted by molar-refractivity contribution is 7.99. The van der Waals surface area contributed by atoms with E-state index in [1.165, 1.54) is 45.5 Å². The molecule has 2 saturated heterocycles. The van der Waals surface area contributed by atoms with E-state index in [1.54, 1.807) is 53.7 Å². The number of anilines is 2. The van der Waals surface area contributed by atoms with Crippen LogP contribution >= 0.6 is 23.5 Å². The van der Waals surface area contributed by atoms with Gasteiger partial charge in [-0.1, -0.05) is 25.7 Å². The second-order valence-corrected chi connectivity index (χ2v) is 23.5. The van der Waals surface area contributed by atoms with Crippen LogP contribution in [0.5, 0.6) is 0 Å². The molecule has 2 aromatic heterocycles. The molecule has 384 valence electrons. The number of benzene rings is 2. The van der Waals surface area contributed by atoms with Crippen molar-refractivity contribution in [1.29, 1.82) is 0 Å². The fourth-order valence-electron chi connectivity index (χ4n) is 9.36. The van der Waals surface area contributed by atoms with Crippen LogP contribution in [0, 0.1) is 11.6 Å². The van der Waals surface area contributed by atoms with Crippen molar-refractivity contribution in [3.05, 3.63) is 68.3 Å². The Labute approximate surface area is 415 Å². The number of H-pyrrole nitrogens is 2. The highest BCUT2D eigenvalue weighted by Gasteiger charge is 2.32. The van der Waals surface area contributed by atoms with Gasteiger partial charge in [0.1, 0.15) is 57.6 Å². The van der Waals surface area contributed by atoms with Gasteiger partial charge in [-0.15, -0.1) is 0 Å². The van der Waals surface area contributed by atoms with Crippen molar-refractivity contribution in [3.63, 3.8) is 0 Å². The van der Waals surface area contributed by atoms with Gasteiger partial charge in [-0.3, -0.25) is 9.59 Å². The fourth-order valence-corrected chi connectivity index (χ4v) is 11.7. The van der Waals surface area contributed by atoms with Gasteiger partial charge in [0.05, 0.1) is 35.6 Å². The summed E-state index contributed by atoms with van der Waals surface area (Å²) in [5.41, 5.74) is -0.428. The van der Waals surface area contributed by atoms with Gasteiger partial charge in [0.25, 0.3) is 11.1 Å². The van der Waals surface area contributed by atoms with Crippen molar-refractivity contribution in [1.82, 2.24) is 29.7 Å². The average molecular weight is 1020 g/mol. The molecule has 0 radical (unpaired) electrons. The molecule has 8 rings (SSSR count). The van der Waals surface area contributed by atoms with Gasteiger partial charge in [-0.2, -0.15) is 23.5 Å². The predicted octanol–water partition coefficient (Wildman–Crippen LogP) is 10.8. The van der Waals surface area contributed by atoms with Crippen LogP contribution < -0.4 is 21.8 Å². The van der Waals surface area contributed by atoms with E-state index >= 15 is 0 Å². The first-order chi connectivity index (χ1) is 33.1. The Bertz CT molecular complexity index is 2400. The molecule has 4 aromatic rings. The predicted molar refractivity (Wildman–Crippen MR) is 270 cm³/mol. The molecule has 20 heteroatoms. The van der Waals surface area contributed by atoms with Crippen LogP contribution in [0.3, 0.4) is 0 Å². The summed E-state index contributed by atoms with van der Waals surface area (Å²) in [4.78, 5) is 67.1. The van der Waals surface area contributed by atoms with Crippen molar-refractivity contribution in [2.45, 2.75) is 176 Å². The number of carbonyl (C=O) groups excluding carboxylic acids is 2. The number of nitrogens with zero attached hydrogens (tertiary/aromatic N) is 4. The van der Waals surface area contributed by atoms with Crippen LogP contribution in [-0.2, 0) is 21.0 Å². The van der Waals surface area contributed by atoms with Crippen LogP contribution in [0.25, 0.3) is 21.8 Å². The summed E-state index contributed by atoms with van der Waals surface area (Å²) in [7, 11) is 0. The van der Waals surface area contributed by atoms with Crippen molar-refractivity contribution < 1.29 is 36.6 Å². The topological polar surface area (TPSA) is 175 Å². The zero-order valence-corrected chi connectivity index (χ0v) is 42.7. The second kappa shape index (κ2) is 23.2. The molecule has 0 bridgehead atoms. The number of aromatic amines is 2. The first-order valence-electron chi connectivity index (χ1n) is 24.6. The summed E-state index contributed by atoms with van der Waals surface area (Å²) in [6.45, 7) is 11.5. The number of aromatic nitrogens is 4. The molecular weight excluding hydrogens is 949 g/mol. The van der Waals surface area contributed by atoms with Gasteiger partial charge < -0.3 is 39.9 Å². The maximum absolute atomic E-state index is 14.7. The van der Waals surface area contributed by atoms with Crippen LogP contribution in [0.4, 0.5) is 38.5 Å². The van der Waals surface area contributed by atoms with Crippen molar-refractivity contribution in [2.75, 3.05) is 36.8 Å². The maximum atomic E-state index is 14.7. The van der Waals surface area contributed by atoms with E-state index in [0.717, 1.165) is 51.4 Å². The minimum absolute atomic E-state index is 0.00702. The highest BCUT2D eigenvalue weighted by atomic mass is 32.2. The monoisotopic (exact) mass is 1020 g/mol. The van der Waals surface area contributed by atoms with E-state index in [1.807, 2.05) is 0 Å². The van der Waals surface area contributed by atoms with Gasteiger partial charge >= 0.3 is 12.2 Å². The normalized spacial score (nSPS) is 21.8. The van der Waals surface area contributed by atoms with Crippen molar-refractivity contribution >= 4 is 68.9 Å². The molecule has 0 spiro atoms. The zero-order valence-electron chi connectivity index (χ0n) is 41.1. The van der Waals surface area contributed by atoms with E-state index in [-0.39, 0.29) is 34.4 Å². The van der Waals surface area contributed by atoms with E-state index in [9.17, 15) is 36.7 Å². The van der Waals surface area contributed by atoms with E-state index in [2.05, 4.69) is 30.6 Å². The molecule has 4 heterocycles. The molecule has 2 unspecified atom stereocenters. The lowest BCUT2D eigenvalue weighted by Crippen LogP contribution is -2.39. The summed E-state index contributed by atoms with van der Waals surface area (Å²) >= 11 is 2.97. The molecule has 2 amide bonds. The number of hydrogen-bond donors (Lipinski definition) is 4. The first-order valence-corrected chi connectivity index (χ1v) is 26.7. The van der Waals surface area contributed by atoms with Gasteiger partial charge in [-0.05, 0) is 117 Å². The number of rotatable bonds is 10. The van der Waals surface area contributed by atoms with E-state index < -0.39 is 58.5 Å². The molecule has 14 nitrogen and oxygen atoms in total. The van der Waals surface area contributed by atoms with Crippen LogP contribution in [0.1, 0.15) is 130 Å². The number of ether oxygens (including phenoxy) is 2. The Morgan fingerprint density at radius 3 is 1.37 bits per heavy atom. The number of likely N-dealkylation sites (tertiary alicyclic amines) is 2. The number of nitrogens with one attached hydrogen (secondary N) is 4. The Morgan fingerprint density at radius 2 is 1.01 bits per heavy atom. The summed E-state index contributed by atoms with van der Waals surface area (Å²) in [6, 6.07) is 6.79. The smallest absolute Gasteiger partial charge is 0.410 e. The number of carbonyl (C=O) groups is 2. The molecule has 2 aliphatic heterocycles. The third kappa shape index (κ3) is 15.2. The number of hydrogen-bond acceptors (Lipinski definition) is 12. The molecule has 4 aliphatic rings. The minimum atomic E-state index is -1.16. The zero-order chi connectivity index (χ0) is 50.3. The quantitative estimate of drug-likeness (QED) is 0.111. The summed E-state index contributed by atoms with van der Waals surface area (Å²) in [5, 5.41) is 6.50. The first kappa shape index (κ1) is 53.1. The van der Waals surface area contributed by atoms with Crippen molar-refractivity contribution in [2.24, 2.45) is 0 Å². The second-order valence-electron chi connectivity index (χ2n) is 20.9. The third-order valence-corrected chi connectivity index (χ3v) is 15.3. The molecule has 4 N–H and O–H groups in total. The maximum Gasteiger partial charge on any atom is 0.410 e. The van der Waals surface area contributed by atoms with Crippen LogP contribution in [0.2, 0.25) is 0 Å². The Kier molecular flexibility index (Phi) is 17.6. The van der Waals surface area contributed by atoms with Gasteiger partial charge in [0.2, 0.25) is 0 Å². The third-order valence-electron chi connectivity index (χ3n) is 12.6. The number of alkyl halides is 2. The number of fused-ring (bicyclic) bond motifs is 2. The highest BCUT2D eigenvalue weighted by Crippen LogP contribution is 2.32.